The van der Waals surface area contributed by atoms with Gasteiger partial charge in [0.15, 0.2) is 6.33 Å². The van der Waals surface area contributed by atoms with E-state index < -0.39 is 10.0 Å². The van der Waals surface area contributed by atoms with E-state index in [1.807, 2.05) is 0 Å². The highest BCUT2D eigenvalue weighted by Crippen LogP contribution is 2.20. The fourth-order valence-corrected chi connectivity index (χ4v) is 3.76. The summed E-state index contributed by atoms with van der Waals surface area (Å²) in [6.45, 7) is 0.405. The molecule has 18 heavy (non-hydrogen) atoms. The predicted octanol–water partition coefficient (Wildman–Crippen LogP) is 0.111. The van der Waals surface area contributed by atoms with E-state index in [0.717, 1.165) is 0 Å². The SMILES string of the molecule is NCc1sccc1S(=O)(=O)NCCc1ncno1. The highest BCUT2D eigenvalue weighted by atomic mass is 32.2. The largest absolute Gasteiger partial charge is 0.340 e. The number of thiophene rings is 1. The summed E-state index contributed by atoms with van der Waals surface area (Å²) in [7, 11) is -3.52. The summed E-state index contributed by atoms with van der Waals surface area (Å²) < 4.78 is 31.2. The Morgan fingerprint density at radius 1 is 1.50 bits per heavy atom. The minimum absolute atomic E-state index is 0.199. The van der Waals surface area contributed by atoms with Gasteiger partial charge in [-0.3, -0.25) is 0 Å². The molecule has 0 aliphatic rings. The normalized spacial score (nSPS) is 11.8. The lowest BCUT2D eigenvalue weighted by molar-refractivity contribution is 0.377. The Kier molecular flexibility index (Phi) is 4.07. The van der Waals surface area contributed by atoms with Gasteiger partial charge in [0.2, 0.25) is 15.9 Å². The molecule has 0 spiro atoms. The van der Waals surface area contributed by atoms with Crippen LogP contribution in [0.25, 0.3) is 0 Å². The lowest BCUT2D eigenvalue weighted by Gasteiger charge is -2.05. The molecular formula is C9H12N4O3S2. The van der Waals surface area contributed by atoms with E-state index in [9.17, 15) is 8.42 Å². The van der Waals surface area contributed by atoms with Crippen LogP contribution in [0.4, 0.5) is 0 Å². The van der Waals surface area contributed by atoms with Crippen molar-refractivity contribution in [2.75, 3.05) is 6.54 Å². The number of nitrogens with one attached hydrogen (secondary N) is 1. The summed E-state index contributed by atoms with van der Waals surface area (Å²) in [6, 6.07) is 1.54. The predicted molar refractivity (Wildman–Crippen MR) is 65.4 cm³/mol. The number of rotatable bonds is 6. The molecule has 0 unspecified atom stereocenters. The van der Waals surface area contributed by atoms with E-state index in [-0.39, 0.29) is 18.0 Å². The van der Waals surface area contributed by atoms with Gasteiger partial charge in [-0.25, -0.2) is 13.1 Å². The van der Waals surface area contributed by atoms with E-state index in [2.05, 4.69) is 14.9 Å². The third-order valence-corrected chi connectivity index (χ3v) is 4.84. The highest BCUT2D eigenvalue weighted by Gasteiger charge is 2.18. The zero-order chi connectivity index (χ0) is 13.0. The van der Waals surface area contributed by atoms with E-state index >= 15 is 0 Å². The van der Waals surface area contributed by atoms with Gasteiger partial charge in [0.1, 0.15) is 0 Å². The maximum Gasteiger partial charge on any atom is 0.241 e. The fraction of sp³-hybridized carbons (Fsp3) is 0.333. The topological polar surface area (TPSA) is 111 Å². The van der Waals surface area contributed by atoms with Gasteiger partial charge >= 0.3 is 0 Å². The van der Waals surface area contributed by atoms with Crippen molar-refractivity contribution in [3.8, 4) is 0 Å². The molecule has 9 heteroatoms. The maximum atomic E-state index is 12.0. The molecule has 0 fully saturated rings. The van der Waals surface area contributed by atoms with Crippen molar-refractivity contribution >= 4 is 21.4 Å². The Morgan fingerprint density at radius 2 is 2.33 bits per heavy atom. The first-order valence-corrected chi connectivity index (χ1v) is 7.51. The van der Waals surface area contributed by atoms with Crippen molar-refractivity contribution < 1.29 is 12.9 Å². The number of hydrogen-bond donors (Lipinski definition) is 2. The Bertz CT molecular complexity index is 591. The fourth-order valence-electron chi connectivity index (χ4n) is 1.39. The summed E-state index contributed by atoms with van der Waals surface area (Å²) in [5, 5.41) is 5.14. The quantitative estimate of drug-likeness (QED) is 0.780. The monoisotopic (exact) mass is 288 g/mol. The van der Waals surface area contributed by atoms with Crippen molar-refractivity contribution in [3.05, 3.63) is 28.5 Å². The van der Waals surface area contributed by atoms with Crippen molar-refractivity contribution in [2.24, 2.45) is 5.73 Å². The van der Waals surface area contributed by atoms with Crippen molar-refractivity contribution in [3.63, 3.8) is 0 Å². The molecule has 0 amide bonds. The average molecular weight is 288 g/mol. The molecule has 7 nitrogen and oxygen atoms in total. The van der Waals surface area contributed by atoms with Gasteiger partial charge in [-0.15, -0.1) is 11.3 Å². The maximum absolute atomic E-state index is 12.0. The van der Waals surface area contributed by atoms with Crippen LogP contribution in [-0.4, -0.2) is 25.1 Å². The van der Waals surface area contributed by atoms with Crippen LogP contribution in [0, 0.1) is 0 Å². The minimum Gasteiger partial charge on any atom is -0.340 e. The van der Waals surface area contributed by atoms with Crippen LogP contribution < -0.4 is 10.5 Å². The highest BCUT2D eigenvalue weighted by molar-refractivity contribution is 7.89. The van der Waals surface area contributed by atoms with Crippen LogP contribution in [0.5, 0.6) is 0 Å². The van der Waals surface area contributed by atoms with Crippen LogP contribution in [0.3, 0.4) is 0 Å². The van der Waals surface area contributed by atoms with Gasteiger partial charge in [0.25, 0.3) is 0 Å². The number of hydrogen-bond acceptors (Lipinski definition) is 7. The molecule has 0 aliphatic heterocycles. The summed E-state index contributed by atoms with van der Waals surface area (Å²) >= 11 is 1.32. The van der Waals surface area contributed by atoms with Gasteiger partial charge < -0.3 is 10.3 Å². The van der Waals surface area contributed by atoms with Crippen molar-refractivity contribution in [1.82, 2.24) is 14.9 Å². The van der Waals surface area contributed by atoms with Crippen LogP contribution in [0.1, 0.15) is 10.8 Å². The Morgan fingerprint density at radius 3 is 3.00 bits per heavy atom. The summed E-state index contributed by atoms with van der Waals surface area (Å²) in [5.41, 5.74) is 5.48. The molecule has 98 valence electrons. The van der Waals surface area contributed by atoms with Crippen molar-refractivity contribution in [1.29, 1.82) is 0 Å². The zero-order valence-corrected chi connectivity index (χ0v) is 11.0. The molecule has 2 aromatic heterocycles. The van der Waals surface area contributed by atoms with Gasteiger partial charge in [0.05, 0.1) is 4.90 Å². The summed E-state index contributed by atoms with van der Waals surface area (Å²) in [6.07, 6.45) is 1.62. The van der Waals surface area contributed by atoms with Gasteiger partial charge in [0, 0.05) is 24.4 Å². The number of nitrogens with two attached hydrogens (primary N) is 1. The van der Waals surface area contributed by atoms with E-state index in [0.29, 0.717) is 17.2 Å². The molecule has 0 saturated heterocycles. The molecule has 0 saturated carbocycles. The molecule has 0 atom stereocenters. The second-order valence-electron chi connectivity index (χ2n) is 3.39. The zero-order valence-electron chi connectivity index (χ0n) is 9.37. The molecule has 0 aliphatic carbocycles. The van der Waals surface area contributed by atoms with Gasteiger partial charge in [-0.1, -0.05) is 5.16 Å². The molecule has 2 heterocycles. The van der Waals surface area contributed by atoms with E-state index in [1.54, 1.807) is 11.4 Å². The lowest BCUT2D eigenvalue weighted by Crippen LogP contribution is -2.26. The molecule has 0 aromatic carbocycles. The lowest BCUT2D eigenvalue weighted by atomic mass is 10.4. The molecule has 2 aromatic rings. The number of nitrogens with zero attached hydrogens (tertiary/aromatic N) is 2. The van der Waals surface area contributed by atoms with Gasteiger partial charge in [-0.05, 0) is 11.4 Å². The average Bonchev–Trinajstić information content (AvgIpc) is 2.99. The third-order valence-electron chi connectivity index (χ3n) is 2.22. The minimum atomic E-state index is -3.52. The Hall–Kier alpha value is -1.29. The number of sulfonamides is 1. The number of aromatic nitrogens is 2. The molecular weight excluding hydrogens is 276 g/mol. The standard InChI is InChI=1S/C9H12N4O3S2/c10-5-7-8(2-4-17-7)18(14,15)13-3-1-9-11-6-12-16-9/h2,4,6,13H,1,3,5,10H2. The summed E-state index contributed by atoms with van der Waals surface area (Å²) in [5.74, 6) is 0.391. The third kappa shape index (κ3) is 2.93. The molecule has 0 radical (unpaired) electrons. The second kappa shape index (κ2) is 5.57. The smallest absolute Gasteiger partial charge is 0.241 e. The first-order chi connectivity index (χ1) is 8.63. The second-order valence-corrected chi connectivity index (χ2v) is 6.13. The van der Waals surface area contributed by atoms with Crippen LogP contribution in [0.15, 0.2) is 27.2 Å². The van der Waals surface area contributed by atoms with Crippen LogP contribution >= 0.6 is 11.3 Å². The summed E-state index contributed by atoms with van der Waals surface area (Å²) in [4.78, 5) is 4.68. The first kappa shape index (κ1) is 13.1. The van der Waals surface area contributed by atoms with Crippen molar-refractivity contribution in [2.45, 2.75) is 17.9 Å². The van der Waals surface area contributed by atoms with Gasteiger partial charge in [-0.2, -0.15) is 4.98 Å². The molecule has 0 bridgehead atoms. The molecule has 3 N–H and O–H groups in total. The Labute approximate surface area is 108 Å². The Balaban J connectivity index is 1.99. The van der Waals surface area contributed by atoms with Crippen LogP contribution in [-0.2, 0) is 23.0 Å². The van der Waals surface area contributed by atoms with E-state index in [4.69, 9.17) is 10.3 Å². The first-order valence-electron chi connectivity index (χ1n) is 5.15. The van der Waals surface area contributed by atoms with Crippen LogP contribution in [0.2, 0.25) is 0 Å². The van der Waals surface area contributed by atoms with E-state index in [1.165, 1.54) is 17.7 Å². The molecule has 2 rings (SSSR count).